The second-order valence-electron chi connectivity index (χ2n) is 9.31. The number of nitrogens with two attached hydrogens (primary N) is 2. The molecule has 0 aliphatic carbocycles. The van der Waals surface area contributed by atoms with Gasteiger partial charge in [0, 0.05) is 40.8 Å². The monoisotopic (exact) mass is 610 g/mol. The van der Waals surface area contributed by atoms with E-state index in [9.17, 15) is 24.6 Å². The first-order chi connectivity index (χ1) is 20.2. The van der Waals surface area contributed by atoms with E-state index in [0.717, 1.165) is 90.8 Å². The van der Waals surface area contributed by atoms with E-state index in [1.165, 1.54) is 19.3 Å². The number of unbranched alkanes of at least 4 members (excludes halogenated alkanes) is 8. The topological polar surface area (TPSA) is 188 Å². The van der Waals surface area contributed by atoms with Crippen LogP contribution in [0, 0.1) is 0 Å². The first-order valence-corrected chi connectivity index (χ1v) is 15.1. The molecule has 0 amide bonds. The highest BCUT2D eigenvalue weighted by atomic mass is 16.5. The zero-order valence-electron chi connectivity index (χ0n) is 27.1. The highest BCUT2D eigenvalue weighted by Crippen LogP contribution is 2.06. The van der Waals surface area contributed by atoms with Gasteiger partial charge in [0.15, 0.2) is 0 Å². The molecular weight excluding hydrogens is 548 g/mol. The SMILES string of the molecule is CCCCCCC=CC(=O)[O-].COCC[NH2+]CCOC.COCC[NH2+]CCOC.O=C([O-])CCCCCCCC(=O)O. The van der Waals surface area contributed by atoms with Gasteiger partial charge in [0.05, 0.1) is 58.6 Å². The van der Waals surface area contributed by atoms with E-state index >= 15 is 0 Å². The number of carbonyl (C=O) groups excluding carboxylic acids is 2. The Morgan fingerprint density at radius 2 is 1.05 bits per heavy atom. The molecule has 5 N–H and O–H groups in total. The van der Waals surface area contributed by atoms with Crippen LogP contribution in [0.4, 0.5) is 0 Å². The molecule has 0 rings (SSSR count). The molecule has 0 aliphatic rings. The third-order valence-electron chi connectivity index (χ3n) is 5.35. The third kappa shape index (κ3) is 66.3. The second kappa shape index (κ2) is 45.9. The summed E-state index contributed by atoms with van der Waals surface area (Å²) in [7, 11) is 6.85. The highest BCUT2D eigenvalue weighted by molar-refractivity contribution is 5.77. The Kier molecular flexibility index (Phi) is 51.2. The van der Waals surface area contributed by atoms with Crippen molar-refractivity contribution in [1.82, 2.24) is 0 Å². The van der Waals surface area contributed by atoms with Crippen LogP contribution in [-0.2, 0) is 33.3 Å². The van der Waals surface area contributed by atoms with Gasteiger partial charge in [-0.2, -0.15) is 0 Å². The van der Waals surface area contributed by atoms with Gasteiger partial charge in [-0.1, -0.05) is 51.5 Å². The van der Waals surface area contributed by atoms with Gasteiger partial charge in [0.2, 0.25) is 0 Å². The molecule has 0 saturated heterocycles. The number of quaternary nitrogens is 2. The maximum atomic E-state index is 10.1. The summed E-state index contributed by atoms with van der Waals surface area (Å²) in [5.74, 6) is -2.87. The average molecular weight is 611 g/mol. The van der Waals surface area contributed by atoms with Gasteiger partial charge in [-0.05, 0) is 38.2 Å². The number of carboxylic acid groups (broad SMARTS) is 3. The number of allylic oxidation sites excluding steroid dienone is 1. The Labute approximate surface area is 254 Å². The molecule has 12 nitrogen and oxygen atoms in total. The van der Waals surface area contributed by atoms with Crippen LogP contribution < -0.4 is 20.8 Å². The van der Waals surface area contributed by atoms with Crippen molar-refractivity contribution < 1.29 is 59.3 Å². The van der Waals surface area contributed by atoms with Crippen LogP contribution in [0.1, 0.15) is 84.0 Å². The fourth-order valence-electron chi connectivity index (χ4n) is 3.04. The third-order valence-corrected chi connectivity index (χ3v) is 5.35. The van der Waals surface area contributed by atoms with E-state index in [2.05, 4.69) is 17.6 Å². The molecule has 0 aromatic heterocycles. The molecule has 0 aromatic rings. The van der Waals surface area contributed by atoms with E-state index < -0.39 is 17.9 Å². The normalized spacial score (nSPS) is 10.1. The zero-order chi connectivity index (χ0) is 32.5. The summed E-state index contributed by atoms with van der Waals surface area (Å²) in [6.07, 6.45) is 12.6. The van der Waals surface area contributed by atoms with Crippen LogP contribution in [-0.4, -0.2) is 104 Å². The highest BCUT2D eigenvalue weighted by Gasteiger charge is 1.96. The minimum atomic E-state index is -1.10. The molecular formula is C30H62N2O10. The first-order valence-electron chi connectivity index (χ1n) is 15.1. The van der Waals surface area contributed by atoms with Crippen LogP contribution in [0.2, 0.25) is 0 Å². The summed E-state index contributed by atoms with van der Waals surface area (Å²) < 4.78 is 19.4. The largest absolute Gasteiger partial charge is 0.550 e. The van der Waals surface area contributed by atoms with Crippen molar-refractivity contribution in [2.45, 2.75) is 84.0 Å². The van der Waals surface area contributed by atoms with Crippen molar-refractivity contribution in [2.24, 2.45) is 0 Å². The van der Waals surface area contributed by atoms with Crippen LogP contribution in [0.3, 0.4) is 0 Å². The fourth-order valence-corrected chi connectivity index (χ4v) is 3.04. The van der Waals surface area contributed by atoms with Gasteiger partial charge in [-0.3, -0.25) is 4.79 Å². The molecule has 0 spiro atoms. The van der Waals surface area contributed by atoms with E-state index in [-0.39, 0.29) is 12.8 Å². The van der Waals surface area contributed by atoms with Crippen molar-refractivity contribution in [3.05, 3.63) is 12.2 Å². The minimum absolute atomic E-state index is 0.110. The lowest BCUT2D eigenvalue weighted by atomic mass is 10.1. The van der Waals surface area contributed by atoms with Crippen LogP contribution in [0.25, 0.3) is 0 Å². The number of rotatable bonds is 26. The molecule has 0 fully saturated rings. The Morgan fingerprint density at radius 1 is 0.643 bits per heavy atom. The zero-order valence-corrected chi connectivity index (χ0v) is 27.1. The standard InChI is InChI=1S/C9H16O4.C9H16O2.2C6H15NO2/c10-8(11)6-4-2-1-3-5-7-9(12)13;1-2-3-4-5-6-7-8-9(10)11;2*1-8-5-3-7-4-6-9-2/h1-7H2,(H,10,11)(H,12,13);7-8H,2-6H2,1H3,(H,10,11);2*7H,3-6H2,1-2H3. The van der Waals surface area contributed by atoms with Crippen molar-refractivity contribution >= 4 is 17.9 Å². The number of ether oxygens (including phenoxy) is 4. The summed E-state index contributed by atoms with van der Waals surface area (Å²) in [5, 5.41) is 32.5. The summed E-state index contributed by atoms with van der Waals surface area (Å²) >= 11 is 0. The molecule has 0 heterocycles. The summed E-state index contributed by atoms with van der Waals surface area (Å²) in [5.41, 5.74) is 0. The Balaban J connectivity index is -0.000000232. The summed E-state index contributed by atoms with van der Waals surface area (Å²) in [6.45, 7) is 9.55. The lowest BCUT2D eigenvalue weighted by molar-refractivity contribution is -0.657. The number of hydrogen-bond acceptors (Lipinski definition) is 9. The molecule has 0 radical (unpaired) electrons. The van der Waals surface area contributed by atoms with Crippen molar-refractivity contribution in [3.8, 4) is 0 Å². The smallest absolute Gasteiger partial charge is 0.303 e. The first kappa shape index (κ1) is 46.9. The molecule has 0 bridgehead atoms. The second-order valence-corrected chi connectivity index (χ2v) is 9.31. The predicted octanol–water partition coefficient (Wildman–Crippen LogP) is -0.500. The summed E-state index contributed by atoms with van der Waals surface area (Å²) in [6, 6.07) is 0. The molecule has 0 atom stereocenters. The van der Waals surface area contributed by atoms with Gasteiger partial charge in [0.1, 0.15) is 0 Å². The Morgan fingerprint density at radius 3 is 1.40 bits per heavy atom. The van der Waals surface area contributed by atoms with Crippen LogP contribution in [0.5, 0.6) is 0 Å². The number of carboxylic acids is 3. The van der Waals surface area contributed by atoms with E-state index in [1.807, 2.05) is 0 Å². The van der Waals surface area contributed by atoms with Crippen LogP contribution in [0.15, 0.2) is 12.2 Å². The van der Waals surface area contributed by atoms with Crippen LogP contribution >= 0.6 is 0 Å². The van der Waals surface area contributed by atoms with E-state index in [1.54, 1.807) is 34.5 Å². The molecule has 0 aliphatic heterocycles. The van der Waals surface area contributed by atoms with E-state index in [0.29, 0.717) is 12.8 Å². The number of carbonyl (C=O) groups is 3. The molecule has 12 heteroatoms. The average Bonchev–Trinajstić information content (AvgIpc) is 2.95. The lowest BCUT2D eigenvalue weighted by Crippen LogP contribution is -2.86. The molecule has 0 unspecified atom stereocenters. The fraction of sp³-hybridized carbons (Fsp3) is 0.833. The predicted molar refractivity (Wildman–Crippen MR) is 159 cm³/mol. The molecule has 252 valence electrons. The van der Waals surface area contributed by atoms with Gasteiger partial charge in [0.25, 0.3) is 0 Å². The molecule has 0 aromatic carbocycles. The van der Waals surface area contributed by atoms with Crippen molar-refractivity contribution in [1.29, 1.82) is 0 Å². The molecule has 42 heavy (non-hydrogen) atoms. The van der Waals surface area contributed by atoms with Gasteiger partial charge < -0.3 is 54.5 Å². The number of methoxy groups -OCH3 is 4. The van der Waals surface area contributed by atoms with Gasteiger partial charge in [-0.15, -0.1) is 0 Å². The van der Waals surface area contributed by atoms with E-state index in [4.69, 9.17) is 24.1 Å². The maximum absolute atomic E-state index is 10.1. The maximum Gasteiger partial charge on any atom is 0.303 e. The Hall–Kier alpha value is -2.09. The van der Waals surface area contributed by atoms with Gasteiger partial charge in [-0.25, -0.2) is 0 Å². The lowest BCUT2D eigenvalue weighted by Gasteiger charge is -2.01. The number of aliphatic carboxylic acids is 3. The quantitative estimate of drug-likeness (QED) is 0.0851. The molecule has 0 saturated carbocycles. The Bertz CT molecular complexity index is 534. The number of hydrogen-bond donors (Lipinski definition) is 3. The van der Waals surface area contributed by atoms with Crippen molar-refractivity contribution in [3.63, 3.8) is 0 Å². The van der Waals surface area contributed by atoms with Gasteiger partial charge >= 0.3 is 5.97 Å². The van der Waals surface area contributed by atoms with Crippen molar-refractivity contribution in [2.75, 3.05) is 81.0 Å². The summed E-state index contributed by atoms with van der Waals surface area (Å²) in [4.78, 5) is 30.0. The minimum Gasteiger partial charge on any atom is -0.550 e.